The average Bonchev–Trinajstić information content (AvgIpc) is 2.46. The van der Waals surface area contributed by atoms with E-state index in [0.29, 0.717) is 6.54 Å². The standard InChI is InChI=1S/C7H7N/c8-4-6-2-1-5-3-7(5)6/h1-3H,4,8H2. The molecule has 0 aromatic heterocycles. The molecule has 8 heavy (non-hydrogen) atoms. The Bertz CT molecular complexity index is 228. The van der Waals surface area contributed by atoms with E-state index < -0.39 is 0 Å². The first-order valence-corrected chi connectivity index (χ1v) is 2.75. The van der Waals surface area contributed by atoms with E-state index >= 15 is 0 Å². The van der Waals surface area contributed by atoms with Gasteiger partial charge in [-0.3, -0.25) is 0 Å². The van der Waals surface area contributed by atoms with Crippen molar-refractivity contribution in [3.05, 3.63) is 23.8 Å². The van der Waals surface area contributed by atoms with Crippen LogP contribution in [0.4, 0.5) is 0 Å². The van der Waals surface area contributed by atoms with Gasteiger partial charge in [0.05, 0.1) is 0 Å². The van der Waals surface area contributed by atoms with Gasteiger partial charge in [0.15, 0.2) is 0 Å². The van der Waals surface area contributed by atoms with E-state index in [1.165, 1.54) is 16.7 Å². The van der Waals surface area contributed by atoms with Crippen LogP contribution < -0.4 is 5.73 Å². The maximum Gasteiger partial charge on any atom is 0.0184 e. The van der Waals surface area contributed by atoms with Gasteiger partial charge in [-0.25, -0.2) is 0 Å². The third-order valence-electron chi connectivity index (χ3n) is 1.56. The SMILES string of the molecule is NCc1ccc2cc1-2. The Hall–Kier alpha value is -0.820. The zero-order valence-electron chi connectivity index (χ0n) is 4.52. The van der Waals surface area contributed by atoms with Crippen molar-refractivity contribution in [2.24, 2.45) is 5.73 Å². The summed E-state index contributed by atoms with van der Waals surface area (Å²) in [5.41, 5.74) is 9.46. The van der Waals surface area contributed by atoms with Crippen molar-refractivity contribution in [3.8, 4) is 11.1 Å². The highest BCUT2D eigenvalue weighted by atomic mass is 14.5. The zero-order chi connectivity index (χ0) is 5.56. The van der Waals surface area contributed by atoms with Crippen molar-refractivity contribution in [2.45, 2.75) is 6.54 Å². The summed E-state index contributed by atoms with van der Waals surface area (Å²) in [4.78, 5) is 0. The van der Waals surface area contributed by atoms with Gasteiger partial charge in [0.1, 0.15) is 0 Å². The molecule has 0 radical (unpaired) electrons. The fourth-order valence-electron chi connectivity index (χ4n) is 0.994. The van der Waals surface area contributed by atoms with Crippen molar-refractivity contribution >= 4 is 0 Å². The molecule has 2 aliphatic carbocycles. The summed E-state index contributed by atoms with van der Waals surface area (Å²) in [7, 11) is 0. The molecule has 0 fully saturated rings. The maximum atomic E-state index is 5.41. The summed E-state index contributed by atoms with van der Waals surface area (Å²) >= 11 is 0. The normalized spacial score (nSPS) is 11.6. The summed E-state index contributed by atoms with van der Waals surface area (Å²) in [6, 6.07) is 6.35. The monoisotopic (exact) mass is 105 g/mol. The lowest BCUT2D eigenvalue weighted by Gasteiger charge is -1.83. The number of hydrogen-bond acceptors (Lipinski definition) is 1. The Morgan fingerprint density at radius 2 is 2.25 bits per heavy atom. The number of hydrogen-bond donors (Lipinski definition) is 1. The fourth-order valence-corrected chi connectivity index (χ4v) is 0.994. The third-order valence-corrected chi connectivity index (χ3v) is 1.56. The molecule has 0 aromatic carbocycles. The van der Waals surface area contributed by atoms with E-state index in [0.717, 1.165) is 0 Å². The van der Waals surface area contributed by atoms with Crippen LogP contribution in [0.2, 0.25) is 0 Å². The summed E-state index contributed by atoms with van der Waals surface area (Å²) in [6.45, 7) is 0.686. The van der Waals surface area contributed by atoms with Crippen LogP contribution in [-0.2, 0) is 6.54 Å². The van der Waals surface area contributed by atoms with E-state index in [-0.39, 0.29) is 0 Å². The van der Waals surface area contributed by atoms with Crippen LogP contribution in [-0.4, -0.2) is 0 Å². The second-order valence-corrected chi connectivity index (χ2v) is 2.08. The molecule has 0 spiro atoms. The molecule has 2 N–H and O–H groups in total. The van der Waals surface area contributed by atoms with E-state index in [4.69, 9.17) is 5.73 Å². The van der Waals surface area contributed by atoms with Gasteiger partial charge in [-0.2, -0.15) is 0 Å². The lowest BCUT2D eigenvalue weighted by Crippen LogP contribution is -1.92. The minimum absolute atomic E-state index is 0.686. The molecule has 0 aromatic rings. The molecule has 2 rings (SSSR count). The van der Waals surface area contributed by atoms with Crippen molar-refractivity contribution in [1.29, 1.82) is 0 Å². The van der Waals surface area contributed by atoms with Gasteiger partial charge in [-0.05, 0) is 22.8 Å². The van der Waals surface area contributed by atoms with Crippen molar-refractivity contribution < 1.29 is 0 Å². The molecule has 0 heterocycles. The molecule has 1 nitrogen and oxygen atoms in total. The van der Waals surface area contributed by atoms with Crippen molar-refractivity contribution in [1.82, 2.24) is 0 Å². The van der Waals surface area contributed by atoms with Crippen LogP contribution >= 0.6 is 0 Å². The minimum atomic E-state index is 0.686. The molecule has 0 aliphatic heterocycles. The van der Waals surface area contributed by atoms with Crippen molar-refractivity contribution in [2.75, 3.05) is 0 Å². The van der Waals surface area contributed by atoms with Gasteiger partial charge in [-0.1, -0.05) is 12.1 Å². The largest absolute Gasteiger partial charge is 0.326 e. The zero-order valence-corrected chi connectivity index (χ0v) is 4.52. The molecule has 40 valence electrons. The van der Waals surface area contributed by atoms with E-state index in [1.54, 1.807) is 0 Å². The number of fused-ring (bicyclic) bond motifs is 1. The Morgan fingerprint density at radius 1 is 1.38 bits per heavy atom. The molecule has 0 saturated carbocycles. The smallest absolute Gasteiger partial charge is 0.0184 e. The van der Waals surface area contributed by atoms with Crippen LogP contribution in [0, 0.1) is 0 Å². The molecule has 0 unspecified atom stereocenters. The number of benzene rings is 1. The van der Waals surface area contributed by atoms with Gasteiger partial charge in [0, 0.05) is 6.54 Å². The summed E-state index contributed by atoms with van der Waals surface area (Å²) in [5, 5.41) is 0. The molecule has 0 bridgehead atoms. The Balaban J connectivity index is 2.49. The minimum Gasteiger partial charge on any atom is -0.326 e. The lowest BCUT2D eigenvalue weighted by atomic mass is 10.3. The van der Waals surface area contributed by atoms with E-state index in [2.05, 4.69) is 18.2 Å². The van der Waals surface area contributed by atoms with Crippen LogP contribution in [0.5, 0.6) is 0 Å². The van der Waals surface area contributed by atoms with Crippen LogP contribution in [0.3, 0.4) is 0 Å². The number of rotatable bonds is 1. The molecule has 0 saturated heterocycles. The average molecular weight is 105 g/mol. The first kappa shape index (κ1) is 4.10. The van der Waals surface area contributed by atoms with Gasteiger partial charge in [0.25, 0.3) is 0 Å². The van der Waals surface area contributed by atoms with Gasteiger partial charge in [-0.15, -0.1) is 0 Å². The topological polar surface area (TPSA) is 26.0 Å². The highest BCUT2D eigenvalue weighted by Gasteiger charge is 2.14. The van der Waals surface area contributed by atoms with Gasteiger partial charge >= 0.3 is 0 Å². The van der Waals surface area contributed by atoms with Crippen LogP contribution in [0.25, 0.3) is 11.1 Å². The van der Waals surface area contributed by atoms with E-state index in [1.807, 2.05) is 0 Å². The van der Waals surface area contributed by atoms with Gasteiger partial charge in [0.2, 0.25) is 0 Å². The van der Waals surface area contributed by atoms with Gasteiger partial charge < -0.3 is 5.73 Å². The Kier molecular flexibility index (Phi) is 0.573. The van der Waals surface area contributed by atoms with E-state index in [9.17, 15) is 0 Å². The van der Waals surface area contributed by atoms with Crippen molar-refractivity contribution in [3.63, 3.8) is 0 Å². The second-order valence-electron chi connectivity index (χ2n) is 2.08. The molecule has 0 amide bonds. The second kappa shape index (κ2) is 1.12. The highest BCUT2D eigenvalue weighted by molar-refractivity contribution is 5.84. The molecule has 1 heteroatoms. The lowest BCUT2D eigenvalue weighted by molar-refractivity contribution is 1.09. The van der Waals surface area contributed by atoms with Crippen LogP contribution in [0.1, 0.15) is 5.56 Å². The molecule has 0 atom stereocenters. The maximum absolute atomic E-state index is 5.41. The quantitative estimate of drug-likeness (QED) is 0.578. The Morgan fingerprint density at radius 3 is 2.50 bits per heavy atom. The molecular weight excluding hydrogens is 98.1 g/mol. The summed E-state index contributed by atoms with van der Waals surface area (Å²) in [5.74, 6) is 0. The molecular formula is C7H7N. The first-order chi connectivity index (χ1) is 3.92. The highest BCUT2D eigenvalue weighted by Crippen LogP contribution is 2.37. The van der Waals surface area contributed by atoms with Crippen LogP contribution in [0.15, 0.2) is 18.2 Å². The third kappa shape index (κ3) is 0.346. The number of nitrogens with two attached hydrogens (primary N) is 1. The summed E-state index contributed by atoms with van der Waals surface area (Å²) < 4.78 is 0. The predicted molar refractivity (Wildman–Crippen MR) is 33.3 cm³/mol. The Labute approximate surface area is 48.1 Å². The fraction of sp³-hybridized carbons (Fsp3) is 0.143. The first-order valence-electron chi connectivity index (χ1n) is 2.75. The predicted octanol–water partition coefficient (Wildman–Crippen LogP) is 1.13. The molecule has 2 aliphatic rings. The summed E-state index contributed by atoms with van der Waals surface area (Å²) in [6.07, 6.45) is 0.